The predicted octanol–water partition coefficient (Wildman–Crippen LogP) is 1.59. The second-order valence-corrected chi connectivity index (χ2v) is 7.52. The number of rotatable bonds is 6. The van der Waals surface area contributed by atoms with Crippen molar-refractivity contribution in [3.05, 3.63) is 29.8 Å². The van der Waals surface area contributed by atoms with Gasteiger partial charge in [0.1, 0.15) is 0 Å². The van der Waals surface area contributed by atoms with E-state index in [0.717, 1.165) is 6.42 Å². The molecule has 0 saturated heterocycles. The van der Waals surface area contributed by atoms with Crippen LogP contribution in [0.25, 0.3) is 0 Å². The fourth-order valence-corrected chi connectivity index (χ4v) is 3.44. The molecule has 1 aliphatic rings. The maximum Gasteiger partial charge on any atom is 0.307 e. The Balaban J connectivity index is 2.10. The molecule has 2 atom stereocenters. The molecule has 1 aliphatic carbocycles. The lowest BCUT2D eigenvalue weighted by molar-refractivity contribution is -0.136. The Morgan fingerprint density at radius 2 is 1.90 bits per heavy atom. The van der Waals surface area contributed by atoms with Crippen molar-refractivity contribution < 1.29 is 18.3 Å². The number of nitrogens with zero attached hydrogens (tertiary/aromatic N) is 1. The topological polar surface area (TPSA) is 74.7 Å². The van der Waals surface area contributed by atoms with Crippen molar-refractivity contribution in [1.29, 1.82) is 0 Å². The van der Waals surface area contributed by atoms with E-state index in [2.05, 4.69) is 6.92 Å². The molecular formula is C14H19NO4S. The number of hydrogen-bond donors (Lipinski definition) is 1. The van der Waals surface area contributed by atoms with Gasteiger partial charge >= 0.3 is 5.97 Å². The zero-order valence-corrected chi connectivity index (χ0v) is 12.4. The van der Waals surface area contributed by atoms with Gasteiger partial charge in [-0.1, -0.05) is 19.1 Å². The first kappa shape index (κ1) is 15.0. The first-order valence-electron chi connectivity index (χ1n) is 6.58. The summed E-state index contributed by atoms with van der Waals surface area (Å²) in [6.45, 7) is 2.66. The molecular weight excluding hydrogens is 278 g/mol. The number of hydrogen-bond acceptors (Lipinski definition) is 3. The Labute approximate surface area is 119 Å². The second-order valence-electron chi connectivity index (χ2n) is 5.47. The lowest BCUT2D eigenvalue weighted by Crippen LogP contribution is -2.29. The van der Waals surface area contributed by atoms with Gasteiger partial charge < -0.3 is 5.11 Å². The lowest BCUT2D eigenvalue weighted by Gasteiger charge is -2.17. The van der Waals surface area contributed by atoms with Crippen LogP contribution in [0.3, 0.4) is 0 Å². The molecule has 6 heteroatoms. The van der Waals surface area contributed by atoms with Crippen molar-refractivity contribution in [2.45, 2.75) is 24.7 Å². The van der Waals surface area contributed by atoms with Crippen molar-refractivity contribution in [3.63, 3.8) is 0 Å². The zero-order chi connectivity index (χ0) is 14.9. The zero-order valence-electron chi connectivity index (χ0n) is 11.6. The first-order chi connectivity index (χ1) is 9.30. The quantitative estimate of drug-likeness (QED) is 0.865. The average Bonchev–Trinajstić information content (AvgIpc) is 3.04. The van der Waals surface area contributed by atoms with E-state index in [0.29, 0.717) is 23.9 Å². The van der Waals surface area contributed by atoms with Gasteiger partial charge in [0.25, 0.3) is 0 Å². The van der Waals surface area contributed by atoms with Crippen molar-refractivity contribution in [3.8, 4) is 0 Å². The van der Waals surface area contributed by atoms with Gasteiger partial charge in [-0.2, -0.15) is 0 Å². The molecule has 20 heavy (non-hydrogen) atoms. The van der Waals surface area contributed by atoms with Crippen LogP contribution in [0.5, 0.6) is 0 Å². The third-order valence-corrected chi connectivity index (χ3v) is 5.59. The van der Waals surface area contributed by atoms with Crippen LogP contribution in [0.2, 0.25) is 0 Å². The Morgan fingerprint density at radius 1 is 1.35 bits per heavy atom. The Kier molecular flexibility index (Phi) is 4.15. The normalized spacial score (nSPS) is 21.9. The van der Waals surface area contributed by atoms with Crippen LogP contribution in [0, 0.1) is 11.8 Å². The van der Waals surface area contributed by atoms with Gasteiger partial charge in [-0.3, -0.25) is 4.79 Å². The summed E-state index contributed by atoms with van der Waals surface area (Å²) in [5.41, 5.74) is 0.593. The average molecular weight is 297 g/mol. The SMILES string of the molecule is CC1CC1CN(C)S(=O)(=O)c1ccc(CC(=O)O)cc1. The molecule has 0 heterocycles. The maximum atomic E-state index is 12.3. The maximum absolute atomic E-state index is 12.3. The van der Waals surface area contributed by atoms with Gasteiger partial charge in [-0.05, 0) is 36.0 Å². The van der Waals surface area contributed by atoms with Gasteiger partial charge in [0.05, 0.1) is 11.3 Å². The number of carbonyl (C=O) groups is 1. The number of carboxylic acid groups (broad SMARTS) is 1. The van der Waals surface area contributed by atoms with Gasteiger partial charge in [0.2, 0.25) is 10.0 Å². The molecule has 0 amide bonds. The number of carboxylic acids is 1. The van der Waals surface area contributed by atoms with Crippen LogP contribution in [0.4, 0.5) is 0 Å². The third-order valence-electron chi connectivity index (χ3n) is 3.75. The largest absolute Gasteiger partial charge is 0.481 e. The highest BCUT2D eigenvalue weighted by molar-refractivity contribution is 7.89. The highest BCUT2D eigenvalue weighted by Crippen LogP contribution is 2.38. The van der Waals surface area contributed by atoms with Gasteiger partial charge in [0, 0.05) is 13.6 Å². The van der Waals surface area contributed by atoms with E-state index in [1.807, 2.05) is 0 Å². The molecule has 0 aliphatic heterocycles. The van der Waals surface area contributed by atoms with E-state index in [1.165, 1.54) is 16.4 Å². The van der Waals surface area contributed by atoms with Crippen molar-refractivity contribution >= 4 is 16.0 Å². The minimum atomic E-state index is -3.48. The van der Waals surface area contributed by atoms with Crippen molar-refractivity contribution in [2.75, 3.05) is 13.6 Å². The van der Waals surface area contributed by atoms with E-state index < -0.39 is 16.0 Å². The van der Waals surface area contributed by atoms with Crippen LogP contribution in [-0.2, 0) is 21.2 Å². The minimum absolute atomic E-state index is 0.101. The van der Waals surface area contributed by atoms with E-state index in [9.17, 15) is 13.2 Å². The Bertz CT molecular complexity index is 594. The summed E-state index contributed by atoms with van der Waals surface area (Å²) in [5, 5.41) is 8.69. The Morgan fingerprint density at radius 3 is 2.35 bits per heavy atom. The molecule has 5 nitrogen and oxygen atoms in total. The van der Waals surface area contributed by atoms with Crippen LogP contribution in [0.1, 0.15) is 18.9 Å². The molecule has 2 rings (SSSR count). The van der Waals surface area contributed by atoms with Gasteiger partial charge in [-0.25, -0.2) is 12.7 Å². The molecule has 1 aromatic carbocycles. The van der Waals surface area contributed by atoms with Crippen molar-refractivity contribution in [1.82, 2.24) is 4.31 Å². The molecule has 2 unspecified atom stereocenters. The van der Waals surface area contributed by atoms with Gasteiger partial charge in [-0.15, -0.1) is 0 Å². The molecule has 1 N–H and O–H groups in total. The summed E-state index contributed by atoms with van der Waals surface area (Å²) >= 11 is 0. The van der Waals surface area contributed by atoms with E-state index >= 15 is 0 Å². The van der Waals surface area contributed by atoms with E-state index in [4.69, 9.17) is 5.11 Å². The summed E-state index contributed by atoms with van der Waals surface area (Å²) in [6, 6.07) is 6.05. The van der Waals surface area contributed by atoms with Gasteiger partial charge in [0.15, 0.2) is 0 Å². The van der Waals surface area contributed by atoms with E-state index in [-0.39, 0.29) is 11.3 Å². The summed E-state index contributed by atoms with van der Waals surface area (Å²) in [7, 11) is -1.89. The standard InChI is InChI=1S/C14H19NO4S/c1-10-7-12(10)9-15(2)20(18,19)13-5-3-11(4-6-13)8-14(16)17/h3-6,10,12H,7-9H2,1-2H3,(H,16,17). The molecule has 1 saturated carbocycles. The summed E-state index contributed by atoms with van der Waals surface area (Å²) in [4.78, 5) is 10.8. The molecule has 0 radical (unpaired) electrons. The molecule has 1 aromatic rings. The molecule has 0 aromatic heterocycles. The summed E-state index contributed by atoms with van der Waals surface area (Å²) in [6.07, 6.45) is 0.979. The molecule has 110 valence electrons. The second kappa shape index (κ2) is 5.54. The lowest BCUT2D eigenvalue weighted by atomic mass is 10.2. The van der Waals surface area contributed by atoms with Crippen LogP contribution in [0.15, 0.2) is 29.2 Å². The summed E-state index contributed by atoms with van der Waals surface area (Å²) in [5.74, 6) is 0.132. The smallest absolute Gasteiger partial charge is 0.307 e. The number of sulfonamides is 1. The fraction of sp³-hybridized carbons (Fsp3) is 0.500. The Hall–Kier alpha value is -1.40. The monoisotopic (exact) mass is 297 g/mol. The molecule has 0 bridgehead atoms. The number of aliphatic carboxylic acids is 1. The van der Waals surface area contributed by atoms with Crippen LogP contribution in [-0.4, -0.2) is 37.4 Å². The predicted molar refractivity (Wildman–Crippen MR) is 74.9 cm³/mol. The number of benzene rings is 1. The van der Waals surface area contributed by atoms with Crippen molar-refractivity contribution in [2.24, 2.45) is 11.8 Å². The first-order valence-corrected chi connectivity index (χ1v) is 8.02. The highest BCUT2D eigenvalue weighted by Gasteiger charge is 2.36. The fourth-order valence-electron chi connectivity index (χ4n) is 2.22. The minimum Gasteiger partial charge on any atom is -0.481 e. The van der Waals surface area contributed by atoms with Crippen LogP contribution >= 0.6 is 0 Å². The molecule has 0 spiro atoms. The molecule has 1 fully saturated rings. The summed E-state index contributed by atoms with van der Waals surface area (Å²) < 4.78 is 26.1. The highest BCUT2D eigenvalue weighted by atomic mass is 32.2. The van der Waals surface area contributed by atoms with Crippen LogP contribution < -0.4 is 0 Å². The third kappa shape index (κ3) is 3.37. The van der Waals surface area contributed by atoms with E-state index in [1.54, 1.807) is 19.2 Å².